The van der Waals surface area contributed by atoms with Crippen molar-refractivity contribution in [3.63, 3.8) is 0 Å². The van der Waals surface area contributed by atoms with Crippen LogP contribution in [0, 0.1) is 5.82 Å². The third-order valence-electron chi connectivity index (χ3n) is 2.91. The van der Waals surface area contributed by atoms with E-state index >= 15 is 0 Å². The third-order valence-corrected chi connectivity index (χ3v) is 3.93. The lowest BCUT2D eigenvalue weighted by atomic mass is 10.1. The van der Waals surface area contributed by atoms with Gasteiger partial charge in [-0.05, 0) is 31.5 Å². The van der Waals surface area contributed by atoms with Crippen LogP contribution in [0.2, 0.25) is 0 Å². The predicted molar refractivity (Wildman–Crippen MR) is 83.0 cm³/mol. The second kappa shape index (κ2) is 6.53. The first-order chi connectivity index (χ1) is 10.0. The van der Waals surface area contributed by atoms with Gasteiger partial charge in [-0.2, -0.15) is 0 Å². The number of hydrogen-bond acceptors (Lipinski definition) is 5. The number of nitrogens with zero attached hydrogens (tertiary/aromatic N) is 1. The second-order valence-electron chi connectivity index (χ2n) is 4.51. The second-order valence-corrected chi connectivity index (χ2v) is 5.51. The molecule has 0 aliphatic rings. The van der Waals surface area contributed by atoms with E-state index in [0.29, 0.717) is 16.6 Å². The van der Waals surface area contributed by atoms with Gasteiger partial charge in [0, 0.05) is 6.54 Å². The topological polar surface area (TPSA) is 80.0 Å². The molecule has 1 atom stereocenters. The largest absolute Gasteiger partial charge is 0.382 e. The number of carbonyl (C=O) groups is 1. The lowest BCUT2D eigenvalue weighted by Crippen LogP contribution is -2.26. The number of nitrogens with one attached hydrogen (secondary N) is 2. The zero-order chi connectivity index (χ0) is 15.4. The van der Waals surface area contributed by atoms with E-state index in [9.17, 15) is 9.18 Å². The minimum absolute atomic E-state index is 0.208. The van der Waals surface area contributed by atoms with Gasteiger partial charge >= 0.3 is 0 Å². The molecule has 0 spiro atoms. The molecule has 2 rings (SSSR count). The molecule has 1 aromatic carbocycles. The van der Waals surface area contributed by atoms with E-state index < -0.39 is 0 Å². The number of hydrogen-bond donors (Lipinski definition) is 3. The van der Waals surface area contributed by atoms with E-state index in [4.69, 9.17) is 5.73 Å². The summed E-state index contributed by atoms with van der Waals surface area (Å²) in [7, 11) is 0. The molecule has 0 fully saturated rings. The normalized spacial score (nSPS) is 12.0. The Morgan fingerprint density at radius 1 is 1.43 bits per heavy atom. The van der Waals surface area contributed by atoms with E-state index in [-0.39, 0.29) is 23.6 Å². The highest BCUT2D eigenvalue weighted by atomic mass is 32.1. The highest BCUT2D eigenvalue weighted by Gasteiger charge is 2.18. The maximum Gasteiger partial charge on any atom is 0.265 e. The zero-order valence-electron chi connectivity index (χ0n) is 11.8. The maximum atomic E-state index is 12.9. The molecule has 0 bridgehead atoms. The van der Waals surface area contributed by atoms with E-state index in [2.05, 4.69) is 15.6 Å². The van der Waals surface area contributed by atoms with Crippen LogP contribution in [0.25, 0.3) is 0 Å². The van der Waals surface area contributed by atoms with Gasteiger partial charge in [0.15, 0.2) is 5.13 Å². The summed E-state index contributed by atoms with van der Waals surface area (Å²) < 4.78 is 12.9. The lowest BCUT2D eigenvalue weighted by Gasteiger charge is -2.13. The Morgan fingerprint density at radius 2 is 2.10 bits per heavy atom. The van der Waals surface area contributed by atoms with Crippen molar-refractivity contribution in [2.75, 3.05) is 17.6 Å². The lowest BCUT2D eigenvalue weighted by molar-refractivity contribution is 0.0944. The van der Waals surface area contributed by atoms with Crippen molar-refractivity contribution in [1.29, 1.82) is 0 Å². The molecule has 0 aliphatic carbocycles. The Kier molecular flexibility index (Phi) is 4.74. The number of benzene rings is 1. The summed E-state index contributed by atoms with van der Waals surface area (Å²) in [6.07, 6.45) is 0. The van der Waals surface area contributed by atoms with Crippen molar-refractivity contribution in [3.05, 3.63) is 40.5 Å². The van der Waals surface area contributed by atoms with Gasteiger partial charge in [-0.3, -0.25) is 4.79 Å². The Bertz CT molecular complexity index is 626. The van der Waals surface area contributed by atoms with E-state index in [1.54, 1.807) is 12.1 Å². The molecule has 1 aromatic heterocycles. The van der Waals surface area contributed by atoms with Gasteiger partial charge in [-0.25, -0.2) is 9.37 Å². The minimum atomic E-state index is -0.306. The van der Waals surface area contributed by atoms with Crippen molar-refractivity contribution < 1.29 is 9.18 Å². The summed E-state index contributed by atoms with van der Waals surface area (Å²) in [5, 5.41) is 6.47. The van der Waals surface area contributed by atoms with Crippen LogP contribution in [0.15, 0.2) is 24.3 Å². The van der Waals surface area contributed by atoms with Gasteiger partial charge in [-0.15, -0.1) is 0 Å². The van der Waals surface area contributed by atoms with Crippen LogP contribution < -0.4 is 16.4 Å². The molecule has 2 aromatic rings. The molecular formula is C14H17FN4OS. The van der Waals surface area contributed by atoms with Crippen molar-refractivity contribution in [3.8, 4) is 0 Å². The summed E-state index contributed by atoms with van der Waals surface area (Å²) in [6, 6.07) is 5.76. The van der Waals surface area contributed by atoms with Crippen LogP contribution >= 0.6 is 11.3 Å². The van der Waals surface area contributed by atoms with Gasteiger partial charge in [0.05, 0.1) is 6.04 Å². The molecule has 0 saturated carbocycles. The van der Waals surface area contributed by atoms with Gasteiger partial charge in [-0.1, -0.05) is 23.5 Å². The van der Waals surface area contributed by atoms with E-state index in [0.717, 1.165) is 5.56 Å². The molecule has 5 nitrogen and oxygen atoms in total. The number of nitrogen functional groups attached to an aromatic ring is 1. The molecule has 1 unspecified atom stereocenters. The first kappa shape index (κ1) is 15.2. The number of thiazole rings is 1. The molecule has 7 heteroatoms. The van der Waals surface area contributed by atoms with Crippen molar-refractivity contribution in [2.45, 2.75) is 19.9 Å². The van der Waals surface area contributed by atoms with Crippen LogP contribution in [0.3, 0.4) is 0 Å². The van der Waals surface area contributed by atoms with Gasteiger partial charge in [0.25, 0.3) is 5.91 Å². The van der Waals surface area contributed by atoms with Gasteiger partial charge < -0.3 is 16.4 Å². The summed E-state index contributed by atoms with van der Waals surface area (Å²) in [5.74, 6) is -0.384. The monoisotopic (exact) mass is 308 g/mol. The molecular weight excluding hydrogens is 291 g/mol. The summed E-state index contributed by atoms with van der Waals surface area (Å²) >= 11 is 1.21. The number of anilines is 2. The number of rotatable bonds is 5. The molecule has 21 heavy (non-hydrogen) atoms. The number of nitrogens with two attached hydrogens (primary N) is 1. The average molecular weight is 308 g/mol. The molecule has 0 aliphatic heterocycles. The third kappa shape index (κ3) is 3.69. The predicted octanol–water partition coefficient (Wildman–Crippen LogP) is 2.79. The first-order valence-electron chi connectivity index (χ1n) is 6.57. The standard InChI is InChI=1S/C14H17FN4OS/c1-3-17-14-19-12(16)11(21-14)13(20)18-8(2)9-4-6-10(15)7-5-9/h4-8H,3,16H2,1-2H3,(H,17,19)(H,18,20). The maximum absolute atomic E-state index is 12.9. The molecule has 1 heterocycles. The fourth-order valence-electron chi connectivity index (χ4n) is 1.82. The fraction of sp³-hybridized carbons (Fsp3) is 0.286. The first-order valence-corrected chi connectivity index (χ1v) is 7.39. The highest BCUT2D eigenvalue weighted by Crippen LogP contribution is 2.25. The highest BCUT2D eigenvalue weighted by molar-refractivity contribution is 7.18. The Morgan fingerprint density at radius 3 is 2.71 bits per heavy atom. The van der Waals surface area contributed by atoms with Crippen molar-refractivity contribution in [1.82, 2.24) is 10.3 Å². The van der Waals surface area contributed by atoms with Crippen LogP contribution in [-0.2, 0) is 0 Å². The van der Waals surface area contributed by atoms with Crippen LogP contribution in [0.5, 0.6) is 0 Å². The Hall–Kier alpha value is -2.15. The quantitative estimate of drug-likeness (QED) is 0.793. The molecule has 0 radical (unpaired) electrons. The van der Waals surface area contributed by atoms with Crippen molar-refractivity contribution in [2.24, 2.45) is 0 Å². The minimum Gasteiger partial charge on any atom is -0.382 e. The Balaban J connectivity index is 2.08. The molecule has 1 amide bonds. The number of amides is 1. The molecule has 4 N–H and O–H groups in total. The zero-order valence-corrected chi connectivity index (χ0v) is 12.6. The number of aromatic nitrogens is 1. The number of halogens is 1. The molecule has 112 valence electrons. The van der Waals surface area contributed by atoms with Crippen LogP contribution in [0.4, 0.5) is 15.3 Å². The SMILES string of the molecule is CCNc1nc(N)c(C(=O)NC(C)c2ccc(F)cc2)s1. The number of carbonyl (C=O) groups excluding carboxylic acids is 1. The smallest absolute Gasteiger partial charge is 0.265 e. The van der Waals surface area contributed by atoms with Crippen LogP contribution in [-0.4, -0.2) is 17.4 Å². The van der Waals surface area contributed by atoms with E-state index in [1.807, 2.05) is 13.8 Å². The summed E-state index contributed by atoms with van der Waals surface area (Å²) in [4.78, 5) is 16.7. The summed E-state index contributed by atoms with van der Waals surface area (Å²) in [6.45, 7) is 4.47. The molecule has 0 saturated heterocycles. The Labute approximate surface area is 126 Å². The fourth-order valence-corrected chi connectivity index (χ4v) is 2.67. The van der Waals surface area contributed by atoms with Crippen LogP contribution in [0.1, 0.15) is 35.1 Å². The summed E-state index contributed by atoms with van der Waals surface area (Å²) in [5.41, 5.74) is 6.57. The van der Waals surface area contributed by atoms with Gasteiger partial charge in [0.2, 0.25) is 0 Å². The van der Waals surface area contributed by atoms with E-state index in [1.165, 1.54) is 23.5 Å². The van der Waals surface area contributed by atoms with Crippen molar-refractivity contribution >= 4 is 28.2 Å². The van der Waals surface area contributed by atoms with Gasteiger partial charge in [0.1, 0.15) is 16.5 Å². The average Bonchev–Trinajstić information content (AvgIpc) is 2.81.